The van der Waals surface area contributed by atoms with Gasteiger partial charge in [-0.05, 0) is 30.5 Å². The first-order valence-electron chi connectivity index (χ1n) is 4.28. The Balaban J connectivity index is 0.000000223. The first-order valence-corrected chi connectivity index (χ1v) is 6.68. The zero-order valence-electron chi connectivity index (χ0n) is 7.45. The minimum atomic E-state index is -2.40. The van der Waals surface area contributed by atoms with Gasteiger partial charge in [-0.2, -0.15) is 4.89 Å². The van der Waals surface area contributed by atoms with Gasteiger partial charge in [0.25, 0.3) is 5.85 Å². The Morgan fingerprint density at radius 1 is 1.38 bits per heavy atom. The third kappa shape index (κ3) is 8.78. The Labute approximate surface area is 87.7 Å². The molecule has 0 bridgehead atoms. The average molecular weight is 273 g/mol. The van der Waals surface area contributed by atoms with E-state index in [1.807, 2.05) is 0 Å². The van der Waals surface area contributed by atoms with Gasteiger partial charge < -0.3 is 10.4 Å². The van der Waals surface area contributed by atoms with Crippen molar-refractivity contribution in [1.82, 2.24) is 5.32 Å². The van der Waals surface area contributed by atoms with Gasteiger partial charge in [-0.25, -0.2) is 0 Å². The maximum Gasteiger partial charge on any atom is 0.538 e. The summed E-state index contributed by atoms with van der Waals surface area (Å²) < 4.78 is 9.80. The fourth-order valence-electron chi connectivity index (χ4n) is 0.861. The number of aliphatic hydroxyl groups excluding tert-OH is 1. The molecule has 4 nitrogen and oxygen atoms in total. The highest BCUT2D eigenvalue weighted by Crippen LogP contribution is 2.20. The summed E-state index contributed by atoms with van der Waals surface area (Å²) in [6, 6.07) is 0. The van der Waals surface area contributed by atoms with Crippen molar-refractivity contribution in [2.24, 2.45) is 0 Å². The zero-order valence-corrected chi connectivity index (χ0v) is 9.93. The molecule has 0 amide bonds. The van der Waals surface area contributed by atoms with Crippen LogP contribution in [-0.4, -0.2) is 34.3 Å². The standard InChI is InChI=1S/C5H11N.C2H4BrO3P/c1-2-4-6-5-3-1;3-1-2(4)7(5)6/h6H,1-5H2;2,4H,1H2/p+1. The van der Waals surface area contributed by atoms with Gasteiger partial charge in [0.15, 0.2) is 0 Å². The molecule has 0 saturated carbocycles. The van der Waals surface area contributed by atoms with Crippen molar-refractivity contribution in [2.45, 2.75) is 25.1 Å². The van der Waals surface area contributed by atoms with E-state index in [0.29, 0.717) is 0 Å². The SMILES string of the molecule is C1CCNCC1.O=[P+](O)C(O)CBr. The minimum absolute atomic E-state index is 0.151. The van der Waals surface area contributed by atoms with Crippen LogP contribution in [0.25, 0.3) is 0 Å². The lowest BCUT2D eigenvalue weighted by molar-refractivity contribution is 0.262. The third-order valence-electron chi connectivity index (χ3n) is 1.60. The highest BCUT2D eigenvalue weighted by atomic mass is 79.9. The van der Waals surface area contributed by atoms with E-state index in [4.69, 9.17) is 10.00 Å². The third-order valence-corrected chi connectivity index (χ3v) is 3.41. The van der Waals surface area contributed by atoms with E-state index in [9.17, 15) is 4.57 Å². The van der Waals surface area contributed by atoms with Gasteiger partial charge in [0.1, 0.15) is 0 Å². The summed E-state index contributed by atoms with van der Waals surface area (Å²) in [5, 5.41) is 11.8. The molecule has 1 heterocycles. The zero-order chi connectivity index (χ0) is 10.1. The van der Waals surface area contributed by atoms with Crippen LogP contribution in [0.1, 0.15) is 19.3 Å². The number of alkyl halides is 1. The first kappa shape index (κ1) is 13.5. The number of halogens is 1. The fourth-order valence-corrected chi connectivity index (χ4v) is 1.72. The van der Waals surface area contributed by atoms with E-state index in [-0.39, 0.29) is 5.33 Å². The van der Waals surface area contributed by atoms with Crippen LogP contribution in [0.3, 0.4) is 0 Å². The largest absolute Gasteiger partial charge is 0.538 e. The highest BCUT2D eigenvalue weighted by molar-refractivity contribution is 9.09. The number of rotatable bonds is 2. The summed E-state index contributed by atoms with van der Waals surface area (Å²) in [5.41, 5.74) is 0. The summed E-state index contributed by atoms with van der Waals surface area (Å²) >= 11 is 2.82. The van der Waals surface area contributed by atoms with Gasteiger partial charge >= 0.3 is 8.03 Å². The summed E-state index contributed by atoms with van der Waals surface area (Å²) in [6.45, 7) is 2.50. The van der Waals surface area contributed by atoms with Crippen molar-refractivity contribution in [3.8, 4) is 0 Å². The average Bonchev–Trinajstić information content (AvgIpc) is 2.20. The molecule has 2 atom stereocenters. The van der Waals surface area contributed by atoms with Crippen molar-refractivity contribution in [1.29, 1.82) is 0 Å². The smallest absolute Gasteiger partial charge is 0.348 e. The Morgan fingerprint density at radius 2 is 1.92 bits per heavy atom. The number of hydrogen-bond acceptors (Lipinski definition) is 3. The van der Waals surface area contributed by atoms with E-state index >= 15 is 0 Å². The van der Waals surface area contributed by atoms with Crippen LogP contribution in [0.2, 0.25) is 0 Å². The molecule has 1 fully saturated rings. The van der Waals surface area contributed by atoms with E-state index in [2.05, 4.69) is 21.2 Å². The molecule has 0 aromatic rings. The molecule has 3 N–H and O–H groups in total. The summed E-state index contributed by atoms with van der Waals surface area (Å²) in [7, 11) is -2.40. The molecule has 0 radical (unpaired) electrons. The Hall–Kier alpha value is 0.460. The second-order valence-corrected chi connectivity index (χ2v) is 4.60. The van der Waals surface area contributed by atoms with Gasteiger partial charge in [0.05, 0.1) is 5.33 Å². The lowest BCUT2D eigenvalue weighted by Crippen LogP contribution is -2.21. The topological polar surface area (TPSA) is 69.6 Å². The predicted molar refractivity (Wildman–Crippen MR) is 56.3 cm³/mol. The Morgan fingerprint density at radius 3 is 2.00 bits per heavy atom. The first-order chi connectivity index (χ1) is 6.18. The molecule has 1 rings (SSSR count). The molecule has 1 aliphatic rings. The molecule has 1 saturated heterocycles. The Kier molecular flexibility index (Phi) is 9.35. The minimum Gasteiger partial charge on any atom is -0.348 e. The maximum absolute atomic E-state index is 9.80. The van der Waals surface area contributed by atoms with Crippen molar-refractivity contribution >= 4 is 24.0 Å². The lowest BCUT2D eigenvalue weighted by Gasteiger charge is -2.08. The molecular weight excluding hydrogens is 257 g/mol. The van der Waals surface area contributed by atoms with Crippen molar-refractivity contribution < 1.29 is 14.6 Å². The van der Waals surface area contributed by atoms with Gasteiger partial charge in [0.2, 0.25) is 0 Å². The van der Waals surface area contributed by atoms with Crippen molar-refractivity contribution in [3.63, 3.8) is 0 Å². The number of aliphatic hydroxyl groups is 1. The monoisotopic (exact) mass is 272 g/mol. The number of nitrogens with one attached hydrogen (secondary N) is 1. The lowest BCUT2D eigenvalue weighted by atomic mass is 10.2. The van der Waals surface area contributed by atoms with Gasteiger partial charge in [0, 0.05) is 0 Å². The van der Waals surface area contributed by atoms with Gasteiger partial charge in [-0.15, -0.1) is 0 Å². The predicted octanol–water partition coefficient (Wildman–Crippen LogP) is 1.19. The number of piperidine rings is 1. The van der Waals surface area contributed by atoms with Crippen LogP contribution in [0.4, 0.5) is 0 Å². The van der Waals surface area contributed by atoms with Crippen LogP contribution in [-0.2, 0) is 4.57 Å². The molecule has 1 aliphatic heterocycles. The molecule has 0 aliphatic carbocycles. The van der Waals surface area contributed by atoms with Crippen LogP contribution in [0.15, 0.2) is 0 Å². The van der Waals surface area contributed by atoms with Crippen LogP contribution >= 0.6 is 24.0 Å². The summed E-state index contributed by atoms with van der Waals surface area (Å²) in [5.74, 6) is -1.12. The van der Waals surface area contributed by atoms with E-state index in [1.165, 1.54) is 32.4 Å². The molecule has 13 heavy (non-hydrogen) atoms. The van der Waals surface area contributed by atoms with E-state index in [1.54, 1.807) is 0 Å². The summed E-state index contributed by atoms with van der Waals surface area (Å²) in [4.78, 5) is 8.05. The van der Waals surface area contributed by atoms with Crippen molar-refractivity contribution in [2.75, 3.05) is 18.4 Å². The summed E-state index contributed by atoms with van der Waals surface area (Å²) in [6.07, 6.45) is 4.22. The molecule has 2 unspecified atom stereocenters. The highest BCUT2D eigenvalue weighted by Gasteiger charge is 2.23. The molecule has 6 heteroatoms. The van der Waals surface area contributed by atoms with Crippen LogP contribution in [0, 0.1) is 0 Å². The van der Waals surface area contributed by atoms with Crippen molar-refractivity contribution in [3.05, 3.63) is 0 Å². The normalized spacial score (nSPS) is 19.8. The van der Waals surface area contributed by atoms with Gasteiger partial charge in [-0.3, -0.25) is 0 Å². The molecule has 0 aromatic carbocycles. The Bertz CT molecular complexity index is 132. The molecule has 78 valence electrons. The van der Waals surface area contributed by atoms with Crippen LogP contribution < -0.4 is 5.32 Å². The molecule has 0 spiro atoms. The van der Waals surface area contributed by atoms with Crippen LogP contribution in [0.5, 0.6) is 0 Å². The van der Waals surface area contributed by atoms with E-state index < -0.39 is 13.9 Å². The quantitative estimate of drug-likeness (QED) is 0.522. The van der Waals surface area contributed by atoms with Gasteiger partial charge in [-0.1, -0.05) is 22.4 Å². The maximum atomic E-state index is 9.80. The molecular formula is C7H16BrNO3P+. The van der Waals surface area contributed by atoms with E-state index in [0.717, 1.165) is 0 Å². The second-order valence-electron chi connectivity index (χ2n) is 2.75. The number of hydrogen-bond donors (Lipinski definition) is 3. The fraction of sp³-hybridized carbons (Fsp3) is 1.00. The second kappa shape index (κ2) is 9.03. The molecule has 0 aromatic heterocycles.